The highest BCUT2D eigenvalue weighted by Gasteiger charge is 2.83. The molecule has 4 heteroatoms. The first-order valence-corrected chi connectivity index (χ1v) is 14.2. The maximum Gasteiger partial charge on any atom is 0.138 e. The highest BCUT2D eigenvalue weighted by Crippen LogP contribution is 2.89. The number of hydrogen-bond acceptors (Lipinski definition) is 4. The van der Waals surface area contributed by atoms with Crippen molar-refractivity contribution in [3.8, 4) is 0 Å². The minimum absolute atomic E-state index is 0.0300. The molecule has 0 amide bonds. The zero-order valence-corrected chi connectivity index (χ0v) is 22.7. The molecular weight excluding hydrogens is 424 g/mol. The van der Waals surface area contributed by atoms with Gasteiger partial charge in [-0.1, -0.05) is 27.7 Å². The molecular formula is C30H48O4. The van der Waals surface area contributed by atoms with E-state index in [1.807, 2.05) is 13.8 Å². The molecule has 1 saturated heterocycles. The van der Waals surface area contributed by atoms with Crippen molar-refractivity contribution in [2.45, 2.75) is 136 Å². The third-order valence-corrected chi connectivity index (χ3v) is 13.6. The largest absolute Gasteiger partial charge is 0.393 e. The summed E-state index contributed by atoms with van der Waals surface area (Å²) in [6, 6.07) is 0. The molecule has 1 unspecified atom stereocenters. The lowest BCUT2D eigenvalue weighted by molar-refractivity contribution is -0.192. The Balaban J connectivity index is 1.35. The summed E-state index contributed by atoms with van der Waals surface area (Å²) in [4.78, 5) is 12.9. The molecule has 0 radical (unpaired) electrons. The Morgan fingerprint density at radius 2 is 1.53 bits per heavy atom. The zero-order chi connectivity index (χ0) is 24.7. The fourth-order valence-corrected chi connectivity index (χ4v) is 11.9. The van der Waals surface area contributed by atoms with Crippen molar-refractivity contribution in [3.63, 3.8) is 0 Å². The van der Waals surface area contributed by atoms with Gasteiger partial charge < -0.3 is 14.9 Å². The summed E-state index contributed by atoms with van der Waals surface area (Å²) in [5.41, 5.74) is -0.560. The Labute approximate surface area is 206 Å². The molecule has 0 aromatic carbocycles. The van der Waals surface area contributed by atoms with Crippen molar-refractivity contribution in [3.05, 3.63) is 0 Å². The fraction of sp³-hybridized carbons (Fsp3) is 0.967. The standard InChI is InChI=1S/C30H48O4/c1-24(2)19-8-9-20-27(6)16-18(31)23(28(7)12-11-22(34-28)25(3,4)33)26(27,5)14-15-30(20)17-29(19,30)13-10-21(24)32/h18-20,22-23,31,33H,8-17H2,1-7H3/t18?,19-,20-,22-,23-,26+,27-,28+,29+,30-/m0/s1. The summed E-state index contributed by atoms with van der Waals surface area (Å²) in [5, 5.41) is 22.4. The van der Waals surface area contributed by atoms with E-state index in [4.69, 9.17) is 4.74 Å². The minimum atomic E-state index is -0.855. The number of ketones is 1. The topological polar surface area (TPSA) is 66.8 Å². The van der Waals surface area contributed by atoms with Crippen molar-refractivity contribution in [2.24, 2.45) is 44.8 Å². The van der Waals surface area contributed by atoms with Gasteiger partial charge in [0.1, 0.15) is 5.78 Å². The molecule has 0 bridgehead atoms. The molecule has 5 saturated carbocycles. The van der Waals surface area contributed by atoms with Gasteiger partial charge in [-0.15, -0.1) is 0 Å². The number of carbonyl (C=O) groups excluding carboxylic acids is 1. The van der Waals surface area contributed by atoms with Gasteiger partial charge in [-0.25, -0.2) is 0 Å². The number of rotatable bonds is 2. The van der Waals surface area contributed by atoms with E-state index in [2.05, 4.69) is 34.6 Å². The lowest BCUT2D eigenvalue weighted by atomic mass is 9.41. The average Bonchev–Trinajstić information content (AvgIpc) is 3.11. The second-order valence-electron chi connectivity index (χ2n) is 15.5. The molecule has 192 valence electrons. The Morgan fingerprint density at radius 1 is 0.882 bits per heavy atom. The highest BCUT2D eigenvalue weighted by atomic mass is 16.5. The van der Waals surface area contributed by atoms with Gasteiger partial charge >= 0.3 is 0 Å². The maximum absolute atomic E-state index is 12.9. The van der Waals surface area contributed by atoms with Crippen molar-refractivity contribution >= 4 is 5.78 Å². The van der Waals surface area contributed by atoms with E-state index in [0.717, 1.165) is 38.5 Å². The van der Waals surface area contributed by atoms with Crippen LogP contribution in [0.3, 0.4) is 0 Å². The first-order chi connectivity index (χ1) is 15.6. The Kier molecular flexibility index (Phi) is 4.58. The highest BCUT2D eigenvalue weighted by molar-refractivity contribution is 5.86. The third-order valence-electron chi connectivity index (χ3n) is 13.6. The summed E-state index contributed by atoms with van der Waals surface area (Å²) in [7, 11) is 0. The molecule has 0 aromatic heterocycles. The summed E-state index contributed by atoms with van der Waals surface area (Å²) >= 11 is 0. The van der Waals surface area contributed by atoms with Crippen LogP contribution in [-0.4, -0.2) is 39.4 Å². The van der Waals surface area contributed by atoms with E-state index in [-0.39, 0.29) is 34.4 Å². The summed E-state index contributed by atoms with van der Waals surface area (Å²) in [6.45, 7) is 15.4. The summed E-state index contributed by atoms with van der Waals surface area (Å²) in [6.07, 6.45) is 10.1. The molecule has 34 heavy (non-hydrogen) atoms. The van der Waals surface area contributed by atoms with E-state index in [1.54, 1.807) is 0 Å². The lowest BCUT2D eigenvalue weighted by Crippen LogP contribution is -2.59. The van der Waals surface area contributed by atoms with Crippen molar-refractivity contribution < 1.29 is 19.7 Å². The average molecular weight is 473 g/mol. The van der Waals surface area contributed by atoms with Crippen LogP contribution in [0.5, 0.6) is 0 Å². The molecule has 2 spiro atoms. The van der Waals surface area contributed by atoms with Crippen molar-refractivity contribution in [2.75, 3.05) is 0 Å². The Hall–Kier alpha value is -0.450. The number of fused-ring (bicyclic) bond motifs is 2. The van der Waals surface area contributed by atoms with Crippen LogP contribution in [0.15, 0.2) is 0 Å². The molecule has 6 rings (SSSR count). The number of hydrogen-bond donors (Lipinski definition) is 2. The van der Waals surface area contributed by atoms with Crippen LogP contribution in [0.4, 0.5) is 0 Å². The fourth-order valence-electron chi connectivity index (χ4n) is 11.9. The van der Waals surface area contributed by atoms with Gasteiger partial charge in [-0.3, -0.25) is 4.79 Å². The van der Waals surface area contributed by atoms with E-state index in [9.17, 15) is 15.0 Å². The van der Waals surface area contributed by atoms with Crippen LogP contribution in [0.2, 0.25) is 0 Å². The first kappa shape index (κ1) is 23.9. The van der Waals surface area contributed by atoms with E-state index >= 15 is 0 Å². The van der Waals surface area contributed by atoms with Crippen molar-refractivity contribution in [1.82, 2.24) is 0 Å². The Morgan fingerprint density at radius 3 is 2.18 bits per heavy atom. The van der Waals surface area contributed by atoms with Crippen LogP contribution in [-0.2, 0) is 9.53 Å². The summed E-state index contributed by atoms with van der Waals surface area (Å²) < 4.78 is 6.67. The van der Waals surface area contributed by atoms with Gasteiger partial charge in [0.05, 0.1) is 23.4 Å². The predicted molar refractivity (Wildman–Crippen MR) is 132 cm³/mol. The van der Waals surface area contributed by atoms with Gasteiger partial charge in [0, 0.05) is 17.8 Å². The summed E-state index contributed by atoms with van der Waals surface area (Å²) in [5.74, 6) is 1.76. The van der Waals surface area contributed by atoms with Gasteiger partial charge in [0.15, 0.2) is 0 Å². The predicted octanol–water partition coefficient (Wildman–Crippen LogP) is 5.67. The number of Topliss-reactive ketones (excluding diaryl/α,β-unsaturated/α-hetero) is 1. The molecule has 6 aliphatic rings. The quantitative estimate of drug-likeness (QED) is 0.543. The van der Waals surface area contributed by atoms with Crippen molar-refractivity contribution in [1.29, 1.82) is 0 Å². The second-order valence-corrected chi connectivity index (χ2v) is 15.5. The van der Waals surface area contributed by atoms with Crippen LogP contribution in [0.25, 0.3) is 0 Å². The molecule has 10 atom stereocenters. The van der Waals surface area contributed by atoms with Gasteiger partial charge in [0.25, 0.3) is 0 Å². The molecule has 2 N–H and O–H groups in total. The molecule has 5 aliphatic carbocycles. The van der Waals surface area contributed by atoms with Crippen LogP contribution < -0.4 is 0 Å². The number of aliphatic hydroxyl groups excluding tert-OH is 1. The minimum Gasteiger partial charge on any atom is -0.393 e. The van der Waals surface area contributed by atoms with Gasteiger partial charge in [-0.05, 0) is 112 Å². The third kappa shape index (κ3) is 2.55. The van der Waals surface area contributed by atoms with E-state index in [0.29, 0.717) is 28.4 Å². The van der Waals surface area contributed by atoms with E-state index < -0.39 is 11.2 Å². The second kappa shape index (κ2) is 6.51. The van der Waals surface area contributed by atoms with Gasteiger partial charge in [-0.2, -0.15) is 0 Å². The lowest BCUT2D eigenvalue weighted by Gasteiger charge is -2.63. The van der Waals surface area contributed by atoms with Gasteiger partial charge in [0.2, 0.25) is 0 Å². The zero-order valence-electron chi connectivity index (χ0n) is 22.7. The smallest absolute Gasteiger partial charge is 0.138 e. The molecule has 1 aliphatic heterocycles. The molecule has 4 nitrogen and oxygen atoms in total. The first-order valence-electron chi connectivity index (χ1n) is 14.2. The Bertz CT molecular complexity index is 919. The number of aliphatic hydroxyl groups is 2. The van der Waals surface area contributed by atoms with Crippen LogP contribution in [0.1, 0.15) is 113 Å². The molecule has 6 fully saturated rings. The number of ether oxygens (including phenoxy) is 1. The maximum atomic E-state index is 12.9. The van der Waals surface area contributed by atoms with Crippen LogP contribution >= 0.6 is 0 Å². The van der Waals surface area contributed by atoms with E-state index in [1.165, 1.54) is 25.7 Å². The number of carbonyl (C=O) groups is 1. The van der Waals surface area contributed by atoms with Crippen LogP contribution in [0, 0.1) is 44.8 Å². The monoisotopic (exact) mass is 472 g/mol. The normalized spacial score (nSPS) is 58.0. The molecule has 1 heterocycles. The SMILES string of the molecule is CC(C)(O)[C@@H]1CC[C@](C)([C@H]2C(O)C[C@@]3(C)[C@@H]4CC[C@H]5C(C)(C)C(=O)CC[C@@]56C[C@@]46CC[C@]23C)O1. The molecule has 0 aromatic rings.